The van der Waals surface area contributed by atoms with E-state index in [-0.39, 0.29) is 5.41 Å². The van der Waals surface area contributed by atoms with Gasteiger partial charge in [-0.25, -0.2) is 4.98 Å². The number of hydrogen-bond donors (Lipinski definition) is 0. The number of imidazole rings is 1. The molecule has 9 rings (SSSR count). The first kappa shape index (κ1) is 27.1. The molecule has 0 radical (unpaired) electrons. The van der Waals surface area contributed by atoms with Crippen molar-refractivity contribution >= 4 is 39.8 Å². The molecule has 0 saturated carbocycles. The molecule has 3 aliphatic rings. The first-order valence-corrected chi connectivity index (χ1v) is 16.7. The molecule has 0 saturated heterocycles. The van der Waals surface area contributed by atoms with Crippen molar-refractivity contribution in [3.63, 3.8) is 0 Å². The van der Waals surface area contributed by atoms with Crippen LogP contribution in [0.2, 0.25) is 0 Å². The lowest BCUT2D eigenvalue weighted by Crippen LogP contribution is -2.31. The van der Waals surface area contributed by atoms with Gasteiger partial charge in [0.15, 0.2) is 0 Å². The van der Waals surface area contributed by atoms with E-state index in [4.69, 9.17) is 4.98 Å². The van der Waals surface area contributed by atoms with Crippen LogP contribution >= 0.6 is 0 Å². The zero-order valence-electron chi connectivity index (χ0n) is 26.2. The van der Waals surface area contributed by atoms with Gasteiger partial charge in [-0.2, -0.15) is 0 Å². The maximum absolute atomic E-state index is 5.28. The molecular weight excluding hydrogens is 556 g/mol. The summed E-state index contributed by atoms with van der Waals surface area (Å²) in [7, 11) is 0. The van der Waals surface area contributed by atoms with E-state index in [1.165, 1.54) is 71.3 Å². The second kappa shape index (κ2) is 10.7. The predicted molar refractivity (Wildman–Crippen MR) is 194 cm³/mol. The quantitative estimate of drug-likeness (QED) is 0.199. The van der Waals surface area contributed by atoms with Crippen LogP contribution in [0.25, 0.3) is 67.7 Å². The van der Waals surface area contributed by atoms with Gasteiger partial charge in [-0.3, -0.25) is 4.57 Å². The van der Waals surface area contributed by atoms with Gasteiger partial charge in [0.05, 0.1) is 11.4 Å². The number of fused-ring (bicyclic) bond motifs is 4. The predicted octanol–water partition coefficient (Wildman–Crippen LogP) is 9.60. The second-order valence-corrected chi connectivity index (χ2v) is 13.2. The first-order chi connectivity index (χ1) is 22.7. The lowest BCUT2D eigenvalue weighted by atomic mass is 9.82. The Morgan fingerprint density at radius 2 is 1.37 bits per heavy atom. The minimum Gasteiger partial charge on any atom is -0.296 e. The average molecular weight is 593 g/mol. The van der Waals surface area contributed by atoms with Gasteiger partial charge in [-0.05, 0) is 118 Å². The van der Waals surface area contributed by atoms with E-state index >= 15 is 0 Å². The molecule has 1 atom stereocenters. The molecule has 222 valence electrons. The van der Waals surface area contributed by atoms with E-state index < -0.39 is 0 Å². The fraction of sp³-hybridized carbons (Fsp3) is 0.159. The molecule has 2 heteroatoms. The molecule has 2 nitrogen and oxygen atoms in total. The summed E-state index contributed by atoms with van der Waals surface area (Å²) in [6, 6.07) is 33.9. The Hall–Kier alpha value is -5.21. The Labute approximate surface area is 270 Å². The minimum absolute atomic E-state index is 0.142. The lowest BCUT2D eigenvalue weighted by Gasteiger charge is -2.27. The highest BCUT2D eigenvalue weighted by Gasteiger charge is 2.32. The van der Waals surface area contributed by atoms with Crippen molar-refractivity contribution in [3.05, 3.63) is 149 Å². The first-order valence-electron chi connectivity index (χ1n) is 16.7. The van der Waals surface area contributed by atoms with E-state index in [0.29, 0.717) is 0 Å². The Bertz CT molecular complexity index is 2400. The molecule has 6 aromatic rings. The summed E-state index contributed by atoms with van der Waals surface area (Å²) >= 11 is 0. The van der Waals surface area contributed by atoms with E-state index in [1.807, 2.05) is 0 Å². The molecule has 0 fully saturated rings. The van der Waals surface area contributed by atoms with E-state index in [2.05, 4.69) is 151 Å². The molecule has 1 heterocycles. The third-order valence-corrected chi connectivity index (χ3v) is 10.2. The van der Waals surface area contributed by atoms with E-state index in [1.54, 1.807) is 0 Å². The lowest BCUT2D eigenvalue weighted by molar-refractivity contribution is 0.545. The maximum Gasteiger partial charge on any atom is 0.124 e. The van der Waals surface area contributed by atoms with Gasteiger partial charge in [-0.15, -0.1) is 0 Å². The van der Waals surface area contributed by atoms with Crippen LogP contribution in [0.3, 0.4) is 0 Å². The normalized spacial score (nSPS) is 18.3. The van der Waals surface area contributed by atoms with Crippen molar-refractivity contribution < 1.29 is 0 Å². The number of rotatable bonds is 4. The van der Waals surface area contributed by atoms with Crippen LogP contribution in [0.4, 0.5) is 0 Å². The zero-order chi connectivity index (χ0) is 30.7. The van der Waals surface area contributed by atoms with Crippen molar-refractivity contribution in [2.45, 2.75) is 44.4 Å². The number of hydrogen-bond acceptors (Lipinski definition) is 1. The third kappa shape index (κ3) is 4.28. The fourth-order valence-corrected chi connectivity index (χ4v) is 7.89. The van der Waals surface area contributed by atoms with Crippen molar-refractivity contribution in [1.82, 2.24) is 9.55 Å². The van der Waals surface area contributed by atoms with Crippen molar-refractivity contribution in [3.8, 4) is 27.9 Å². The zero-order valence-corrected chi connectivity index (χ0v) is 26.2. The third-order valence-electron chi connectivity index (χ3n) is 10.2. The Morgan fingerprint density at radius 1 is 0.674 bits per heavy atom. The van der Waals surface area contributed by atoms with E-state index in [9.17, 15) is 0 Å². The smallest absolute Gasteiger partial charge is 0.124 e. The SMILES string of the molecule is CC1(c2nc3c(n2-c2ccc(-c4c5c(c(-c6ccc7ccccc7c6)c6ccccc46)=CCCC=5)cc2)C=CCC3)C=CC=CC1. The molecule has 3 aliphatic carbocycles. The van der Waals surface area contributed by atoms with Crippen LogP contribution in [-0.2, 0) is 11.8 Å². The van der Waals surface area contributed by atoms with Gasteiger partial charge < -0.3 is 0 Å². The van der Waals surface area contributed by atoms with Crippen molar-refractivity contribution in [2.75, 3.05) is 0 Å². The fourth-order valence-electron chi connectivity index (χ4n) is 7.89. The summed E-state index contributed by atoms with van der Waals surface area (Å²) in [5.41, 5.74) is 8.68. The Morgan fingerprint density at radius 3 is 2.11 bits per heavy atom. The monoisotopic (exact) mass is 592 g/mol. The Balaban J connectivity index is 1.24. The van der Waals surface area contributed by atoms with Crippen LogP contribution in [0.1, 0.15) is 49.8 Å². The number of aromatic nitrogens is 2. The van der Waals surface area contributed by atoms with Gasteiger partial charge in [0.2, 0.25) is 0 Å². The topological polar surface area (TPSA) is 17.8 Å². The summed E-state index contributed by atoms with van der Waals surface area (Å²) in [5, 5.41) is 7.89. The van der Waals surface area contributed by atoms with Gasteiger partial charge in [0.25, 0.3) is 0 Å². The number of allylic oxidation sites excluding steroid dienone is 5. The maximum atomic E-state index is 5.28. The van der Waals surface area contributed by atoms with E-state index in [0.717, 1.165) is 37.9 Å². The summed E-state index contributed by atoms with van der Waals surface area (Å²) in [4.78, 5) is 5.28. The standard InChI is InChI=1S/C44H36N2/c1-44(27-11-2-12-28-44)43-45-39-19-9-10-20-40(39)46(43)34-25-23-31(24-26-34)41-35-15-5-7-17-37(35)42(38-18-8-6-16-36(38)41)33-22-21-30-13-3-4-14-32(30)29-33/h2-5,7,10-18,20-27,29H,6,8-9,19,28H2,1H3. The van der Waals surface area contributed by atoms with Crippen LogP contribution in [0.5, 0.6) is 0 Å². The molecule has 0 amide bonds. The van der Waals surface area contributed by atoms with Gasteiger partial charge in [0.1, 0.15) is 5.82 Å². The molecule has 0 spiro atoms. The number of aryl methyl sites for hydroxylation is 1. The highest BCUT2D eigenvalue weighted by molar-refractivity contribution is 6.06. The summed E-state index contributed by atoms with van der Waals surface area (Å²) < 4.78 is 2.41. The molecule has 1 aromatic heterocycles. The molecule has 5 aromatic carbocycles. The Kier molecular flexibility index (Phi) is 6.31. The molecule has 0 N–H and O–H groups in total. The van der Waals surface area contributed by atoms with Gasteiger partial charge in [-0.1, -0.05) is 115 Å². The minimum atomic E-state index is -0.142. The molecular formula is C44H36N2. The molecule has 1 unspecified atom stereocenters. The highest BCUT2D eigenvalue weighted by Crippen LogP contribution is 2.38. The molecule has 0 bridgehead atoms. The van der Waals surface area contributed by atoms with Gasteiger partial charge in [0, 0.05) is 11.1 Å². The van der Waals surface area contributed by atoms with Crippen LogP contribution in [-0.4, -0.2) is 9.55 Å². The highest BCUT2D eigenvalue weighted by atomic mass is 15.1. The largest absolute Gasteiger partial charge is 0.296 e. The van der Waals surface area contributed by atoms with Gasteiger partial charge >= 0.3 is 0 Å². The summed E-state index contributed by atoms with van der Waals surface area (Å²) in [5.74, 6) is 1.13. The second-order valence-electron chi connectivity index (χ2n) is 13.2. The molecule has 0 aliphatic heterocycles. The van der Waals surface area contributed by atoms with Crippen molar-refractivity contribution in [1.29, 1.82) is 0 Å². The van der Waals surface area contributed by atoms with Crippen LogP contribution in [0, 0.1) is 0 Å². The number of nitrogens with zero attached hydrogens (tertiary/aromatic N) is 2. The summed E-state index contributed by atoms with van der Waals surface area (Å²) in [6.07, 6.45) is 23.5. The summed E-state index contributed by atoms with van der Waals surface area (Å²) in [6.45, 7) is 2.32. The van der Waals surface area contributed by atoms with Crippen LogP contribution < -0.4 is 10.4 Å². The molecule has 46 heavy (non-hydrogen) atoms. The average Bonchev–Trinajstić information content (AvgIpc) is 3.52. The van der Waals surface area contributed by atoms with Crippen molar-refractivity contribution in [2.24, 2.45) is 0 Å². The number of benzene rings is 5. The van der Waals surface area contributed by atoms with Crippen LogP contribution in [0.15, 0.2) is 121 Å².